The molecule has 3 saturated heterocycles. The molecule has 2 aromatic heterocycles. The molecule has 4 aromatic rings. The predicted molar refractivity (Wildman–Crippen MR) is 159 cm³/mol. The quantitative estimate of drug-likeness (QED) is 0.353. The molecule has 2 unspecified atom stereocenters. The summed E-state index contributed by atoms with van der Waals surface area (Å²) in [5.41, 5.74) is 2.44. The van der Waals surface area contributed by atoms with Crippen molar-refractivity contribution in [1.82, 2.24) is 25.2 Å². The molecular formula is C32H36N6O3. The summed E-state index contributed by atoms with van der Waals surface area (Å²) in [6.07, 6.45) is 4.73. The molecule has 9 heteroatoms. The van der Waals surface area contributed by atoms with E-state index in [9.17, 15) is 5.11 Å². The fourth-order valence-electron chi connectivity index (χ4n) is 6.88. The second-order valence-electron chi connectivity index (χ2n) is 12.3. The first-order valence-corrected chi connectivity index (χ1v) is 15.0. The number of aromatic hydroxyl groups is 1. The van der Waals surface area contributed by atoms with Gasteiger partial charge in [-0.3, -0.25) is 4.90 Å². The fraction of sp³-hybridized carbons (Fsp3) is 0.469. The summed E-state index contributed by atoms with van der Waals surface area (Å²) in [5.74, 6) is 1.13. The molecule has 4 fully saturated rings. The van der Waals surface area contributed by atoms with Crippen LogP contribution in [0, 0.1) is 5.41 Å². The van der Waals surface area contributed by atoms with Gasteiger partial charge in [0.15, 0.2) is 5.65 Å². The lowest BCUT2D eigenvalue weighted by Gasteiger charge is -2.34. The van der Waals surface area contributed by atoms with Crippen molar-refractivity contribution < 1.29 is 14.6 Å². The van der Waals surface area contributed by atoms with E-state index in [2.05, 4.69) is 27.2 Å². The van der Waals surface area contributed by atoms with Gasteiger partial charge in [-0.2, -0.15) is 9.97 Å². The molecule has 2 bridgehead atoms. The molecule has 5 heterocycles. The number of hydrogen-bond acceptors (Lipinski definition) is 9. The number of hydrogen-bond donors (Lipinski definition) is 2. The Labute approximate surface area is 239 Å². The summed E-state index contributed by atoms with van der Waals surface area (Å²) in [5, 5.41) is 17.2. The Balaban J connectivity index is 1.16. The van der Waals surface area contributed by atoms with Gasteiger partial charge in [-0.1, -0.05) is 24.3 Å². The van der Waals surface area contributed by atoms with E-state index in [1.165, 1.54) is 25.7 Å². The van der Waals surface area contributed by atoms with Crippen LogP contribution >= 0.6 is 0 Å². The van der Waals surface area contributed by atoms with E-state index < -0.39 is 0 Å². The van der Waals surface area contributed by atoms with E-state index in [4.69, 9.17) is 24.4 Å². The zero-order valence-corrected chi connectivity index (χ0v) is 23.3. The Morgan fingerprint density at radius 1 is 0.951 bits per heavy atom. The van der Waals surface area contributed by atoms with Crippen LogP contribution in [-0.4, -0.2) is 89.6 Å². The first kappa shape index (κ1) is 25.2. The molecule has 212 valence electrons. The topological polar surface area (TPSA) is 95.9 Å². The maximum Gasteiger partial charge on any atom is 0.320 e. The number of nitrogens with zero attached hydrogens (tertiary/aromatic N) is 5. The van der Waals surface area contributed by atoms with Crippen molar-refractivity contribution in [1.29, 1.82) is 0 Å². The number of phenols is 1. The molecular weight excluding hydrogens is 516 g/mol. The molecule has 8 rings (SSSR count). The summed E-state index contributed by atoms with van der Waals surface area (Å²) in [7, 11) is 0. The molecule has 2 N–H and O–H groups in total. The molecule has 2 aromatic carbocycles. The highest BCUT2D eigenvalue weighted by molar-refractivity contribution is 5.98. The molecule has 41 heavy (non-hydrogen) atoms. The Hall–Kier alpha value is -3.53. The molecule has 0 radical (unpaired) electrons. The van der Waals surface area contributed by atoms with Crippen molar-refractivity contribution >= 4 is 27.6 Å². The highest BCUT2D eigenvalue weighted by Crippen LogP contribution is 2.46. The Morgan fingerprint density at radius 2 is 1.76 bits per heavy atom. The van der Waals surface area contributed by atoms with Gasteiger partial charge in [0.1, 0.15) is 11.6 Å². The molecule has 0 amide bonds. The molecule has 3 aliphatic heterocycles. The predicted octanol–water partition coefficient (Wildman–Crippen LogP) is 3.98. The van der Waals surface area contributed by atoms with Crippen LogP contribution in [0.15, 0.2) is 48.5 Å². The Morgan fingerprint density at radius 3 is 2.56 bits per heavy atom. The lowest BCUT2D eigenvalue weighted by molar-refractivity contribution is 0.0231. The van der Waals surface area contributed by atoms with E-state index >= 15 is 0 Å². The second kappa shape index (κ2) is 10.1. The van der Waals surface area contributed by atoms with Gasteiger partial charge in [-0.05, 0) is 60.7 Å². The summed E-state index contributed by atoms with van der Waals surface area (Å²) in [6.45, 7) is 7.07. The Kier molecular flexibility index (Phi) is 6.20. The zero-order valence-electron chi connectivity index (χ0n) is 23.3. The number of piperazine rings is 1. The van der Waals surface area contributed by atoms with Crippen LogP contribution in [0.4, 0.5) is 5.82 Å². The third-order valence-corrected chi connectivity index (χ3v) is 9.28. The average Bonchev–Trinajstić information content (AvgIpc) is 3.68. The maximum absolute atomic E-state index is 10.5. The molecule has 9 nitrogen and oxygen atoms in total. The monoisotopic (exact) mass is 552 g/mol. The van der Waals surface area contributed by atoms with E-state index in [1.54, 1.807) is 12.1 Å². The number of fused-ring (bicyclic) bond motifs is 4. The zero-order chi connectivity index (χ0) is 27.4. The number of pyridine rings is 1. The van der Waals surface area contributed by atoms with Gasteiger partial charge in [0, 0.05) is 55.8 Å². The average molecular weight is 553 g/mol. The highest BCUT2D eigenvalue weighted by Gasteiger charge is 2.45. The first-order valence-electron chi connectivity index (χ1n) is 15.0. The Bertz CT molecular complexity index is 1590. The number of phenolic OH excluding ortho intramolecular Hbond substituents is 1. The van der Waals surface area contributed by atoms with Crippen LogP contribution < -0.4 is 15.0 Å². The van der Waals surface area contributed by atoms with Crippen molar-refractivity contribution in [2.45, 2.75) is 37.8 Å². The van der Waals surface area contributed by atoms with Crippen LogP contribution in [0.25, 0.3) is 33.1 Å². The number of ether oxygens (including phenoxy) is 2. The lowest BCUT2D eigenvalue weighted by atomic mass is 10.0. The largest absolute Gasteiger partial charge is 0.508 e. The van der Waals surface area contributed by atoms with Crippen LogP contribution in [0.2, 0.25) is 0 Å². The van der Waals surface area contributed by atoms with Crippen LogP contribution in [0.1, 0.15) is 25.7 Å². The number of morpholine rings is 1. The van der Waals surface area contributed by atoms with Crippen molar-refractivity contribution in [3.63, 3.8) is 0 Å². The molecule has 1 saturated carbocycles. The van der Waals surface area contributed by atoms with Crippen molar-refractivity contribution in [2.75, 3.05) is 57.4 Å². The minimum atomic E-state index is 0.166. The summed E-state index contributed by atoms with van der Waals surface area (Å²) < 4.78 is 12.0. The molecule has 2 atom stereocenters. The van der Waals surface area contributed by atoms with Gasteiger partial charge in [0.05, 0.1) is 30.9 Å². The number of rotatable bonds is 7. The van der Waals surface area contributed by atoms with Crippen molar-refractivity contribution in [3.05, 3.63) is 48.5 Å². The fourth-order valence-corrected chi connectivity index (χ4v) is 6.88. The van der Waals surface area contributed by atoms with Crippen molar-refractivity contribution in [3.8, 4) is 23.0 Å². The summed E-state index contributed by atoms with van der Waals surface area (Å²) >= 11 is 0. The molecule has 4 aliphatic rings. The molecule has 0 spiro atoms. The van der Waals surface area contributed by atoms with Crippen LogP contribution in [-0.2, 0) is 4.74 Å². The van der Waals surface area contributed by atoms with E-state index in [0.717, 1.165) is 79.2 Å². The number of nitrogens with one attached hydrogen (secondary N) is 1. The molecule has 1 aliphatic carbocycles. The third-order valence-electron chi connectivity index (χ3n) is 9.28. The number of anilines is 1. The first-order chi connectivity index (χ1) is 20.1. The van der Waals surface area contributed by atoms with Gasteiger partial charge in [-0.15, -0.1) is 0 Å². The number of benzene rings is 2. The van der Waals surface area contributed by atoms with Gasteiger partial charge in [0.25, 0.3) is 0 Å². The van der Waals surface area contributed by atoms with Gasteiger partial charge in [-0.25, -0.2) is 4.98 Å². The lowest BCUT2D eigenvalue weighted by Crippen LogP contribution is -2.51. The van der Waals surface area contributed by atoms with E-state index in [-0.39, 0.29) is 11.2 Å². The van der Waals surface area contributed by atoms with Gasteiger partial charge in [0.2, 0.25) is 0 Å². The standard InChI is InChI=1S/C32H36N6O3/c39-24-15-21-3-1-2-4-25(21)27(16-24)28-8-7-26-29(34-28)35-31(36-30(26)38-17-22-5-6-23(18-38)33-22)41-20-32(9-10-32)19-37-11-13-40-14-12-37/h1-4,7-8,15-16,22-23,33,39H,5-6,9-14,17-20H2. The second-order valence-corrected chi connectivity index (χ2v) is 12.3. The third kappa shape index (κ3) is 4.96. The number of aromatic nitrogens is 3. The smallest absolute Gasteiger partial charge is 0.320 e. The van der Waals surface area contributed by atoms with Crippen molar-refractivity contribution in [2.24, 2.45) is 5.41 Å². The van der Waals surface area contributed by atoms with Crippen LogP contribution in [0.3, 0.4) is 0 Å². The summed E-state index contributed by atoms with van der Waals surface area (Å²) in [4.78, 5) is 19.8. The minimum absolute atomic E-state index is 0.166. The van der Waals surface area contributed by atoms with Gasteiger partial charge < -0.3 is 24.8 Å². The minimum Gasteiger partial charge on any atom is -0.508 e. The van der Waals surface area contributed by atoms with E-state index in [1.807, 2.05) is 24.3 Å². The van der Waals surface area contributed by atoms with Crippen LogP contribution in [0.5, 0.6) is 11.8 Å². The van der Waals surface area contributed by atoms with E-state index in [0.29, 0.717) is 30.3 Å². The SMILES string of the molecule is Oc1cc(-c2ccc3c(N4CC5CCC(C4)N5)nc(OCC4(CN5CCOCC5)CC4)nc3n2)c2ccccc2c1. The maximum atomic E-state index is 10.5. The highest BCUT2D eigenvalue weighted by atomic mass is 16.5. The van der Waals surface area contributed by atoms with Gasteiger partial charge >= 0.3 is 6.01 Å². The summed E-state index contributed by atoms with van der Waals surface area (Å²) in [6, 6.07) is 17.1. The normalized spacial score (nSPS) is 23.8.